The first-order chi connectivity index (χ1) is 14.2. The number of aromatic nitrogens is 2. The number of hydrogen-bond acceptors (Lipinski definition) is 6. The summed E-state index contributed by atoms with van der Waals surface area (Å²) in [7, 11) is 0. The quantitative estimate of drug-likeness (QED) is 0.233. The second-order valence-electron chi connectivity index (χ2n) is 6.52. The highest BCUT2D eigenvalue weighted by molar-refractivity contribution is 6.13. The summed E-state index contributed by atoms with van der Waals surface area (Å²) in [4.78, 5) is 20.3. The van der Waals surface area contributed by atoms with E-state index in [1.165, 1.54) is 6.20 Å². The van der Waals surface area contributed by atoms with E-state index < -0.39 is 5.97 Å². The number of hydrazone groups is 1. The second kappa shape index (κ2) is 8.06. The van der Waals surface area contributed by atoms with Crippen molar-refractivity contribution in [2.24, 2.45) is 5.10 Å². The summed E-state index contributed by atoms with van der Waals surface area (Å²) < 4.78 is 5.00. The third-order valence-corrected chi connectivity index (χ3v) is 4.65. The summed E-state index contributed by atoms with van der Waals surface area (Å²) in [6.45, 7) is 3.80. The standard InChI is InChI=1S/C23H20N4O2/c1-3-29-22(28)20-13-24-23(26-15(20)2)27-25-14-21-18-10-6-4-8-16(18)12-17-9-5-7-11-19(17)21/h4-14H,3H2,1-2H3,(H,24,26,27)/b25-14+. The lowest BCUT2D eigenvalue weighted by molar-refractivity contribution is 0.0524. The van der Waals surface area contributed by atoms with Gasteiger partial charge in [-0.25, -0.2) is 20.2 Å². The number of esters is 1. The molecule has 4 aromatic rings. The molecule has 0 radical (unpaired) electrons. The van der Waals surface area contributed by atoms with Crippen molar-refractivity contribution in [3.63, 3.8) is 0 Å². The molecule has 0 unspecified atom stereocenters. The molecule has 4 rings (SSSR count). The number of nitrogens with one attached hydrogen (secondary N) is 1. The van der Waals surface area contributed by atoms with E-state index in [-0.39, 0.29) is 0 Å². The van der Waals surface area contributed by atoms with Crippen LogP contribution in [0.4, 0.5) is 5.95 Å². The molecular formula is C23H20N4O2. The van der Waals surface area contributed by atoms with Crippen LogP contribution >= 0.6 is 0 Å². The molecule has 0 bridgehead atoms. The molecule has 0 saturated carbocycles. The number of nitrogens with zero attached hydrogens (tertiary/aromatic N) is 3. The normalized spacial score (nSPS) is 11.2. The Morgan fingerprint density at radius 3 is 2.38 bits per heavy atom. The van der Waals surface area contributed by atoms with E-state index in [9.17, 15) is 4.79 Å². The molecule has 0 aliphatic rings. The minimum atomic E-state index is -0.428. The fourth-order valence-electron chi connectivity index (χ4n) is 3.27. The highest BCUT2D eigenvalue weighted by Gasteiger charge is 2.12. The molecule has 29 heavy (non-hydrogen) atoms. The first kappa shape index (κ1) is 18.6. The van der Waals surface area contributed by atoms with Crippen molar-refractivity contribution in [2.45, 2.75) is 13.8 Å². The first-order valence-electron chi connectivity index (χ1n) is 9.37. The van der Waals surface area contributed by atoms with Crippen LogP contribution in [0.15, 0.2) is 65.9 Å². The maximum atomic E-state index is 11.9. The number of benzene rings is 3. The van der Waals surface area contributed by atoms with Crippen LogP contribution in [-0.2, 0) is 4.74 Å². The fraction of sp³-hybridized carbons (Fsp3) is 0.130. The Morgan fingerprint density at radius 2 is 1.76 bits per heavy atom. The predicted octanol–water partition coefficient (Wildman–Crippen LogP) is 4.71. The summed E-state index contributed by atoms with van der Waals surface area (Å²) in [5.41, 5.74) is 4.76. The van der Waals surface area contributed by atoms with Gasteiger partial charge in [-0.1, -0.05) is 48.5 Å². The fourth-order valence-corrected chi connectivity index (χ4v) is 3.27. The smallest absolute Gasteiger partial charge is 0.341 e. The molecule has 3 aromatic carbocycles. The second-order valence-corrected chi connectivity index (χ2v) is 6.52. The predicted molar refractivity (Wildman–Crippen MR) is 115 cm³/mol. The minimum absolute atomic E-state index is 0.307. The third-order valence-electron chi connectivity index (χ3n) is 4.65. The number of ether oxygens (including phenoxy) is 1. The van der Waals surface area contributed by atoms with Crippen LogP contribution in [0.1, 0.15) is 28.5 Å². The number of hydrogen-bond donors (Lipinski definition) is 1. The van der Waals surface area contributed by atoms with Gasteiger partial charge in [0, 0.05) is 11.8 Å². The molecule has 1 aromatic heterocycles. The lowest BCUT2D eigenvalue weighted by atomic mass is 9.97. The molecular weight excluding hydrogens is 364 g/mol. The van der Waals surface area contributed by atoms with E-state index in [1.807, 2.05) is 24.3 Å². The number of fused-ring (bicyclic) bond motifs is 2. The molecule has 0 spiro atoms. The Balaban J connectivity index is 1.65. The molecule has 0 aliphatic carbocycles. The minimum Gasteiger partial charge on any atom is -0.462 e. The Labute approximate surface area is 168 Å². The van der Waals surface area contributed by atoms with Gasteiger partial charge in [0.2, 0.25) is 5.95 Å². The zero-order valence-corrected chi connectivity index (χ0v) is 16.2. The summed E-state index contributed by atoms with van der Waals surface area (Å²) in [5, 5.41) is 8.89. The highest BCUT2D eigenvalue weighted by atomic mass is 16.5. The molecule has 0 aliphatic heterocycles. The van der Waals surface area contributed by atoms with Crippen molar-refractivity contribution >= 4 is 39.7 Å². The SMILES string of the molecule is CCOC(=O)c1cnc(N/N=C/c2c3ccccc3cc3ccccc23)nc1C. The van der Waals surface area contributed by atoms with E-state index in [2.05, 4.69) is 50.8 Å². The van der Waals surface area contributed by atoms with E-state index >= 15 is 0 Å². The average Bonchev–Trinajstić information content (AvgIpc) is 2.73. The molecule has 6 nitrogen and oxygen atoms in total. The third kappa shape index (κ3) is 3.78. The van der Waals surface area contributed by atoms with Crippen LogP contribution in [0.2, 0.25) is 0 Å². The van der Waals surface area contributed by atoms with Gasteiger partial charge in [-0.15, -0.1) is 0 Å². The van der Waals surface area contributed by atoms with Crippen molar-refractivity contribution in [2.75, 3.05) is 12.0 Å². The van der Waals surface area contributed by atoms with Crippen LogP contribution in [0, 0.1) is 6.92 Å². The maximum absolute atomic E-state index is 11.9. The first-order valence-corrected chi connectivity index (χ1v) is 9.37. The van der Waals surface area contributed by atoms with Gasteiger partial charge < -0.3 is 4.74 Å². The van der Waals surface area contributed by atoms with Crippen LogP contribution in [0.5, 0.6) is 0 Å². The van der Waals surface area contributed by atoms with E-state index in [4.69, 9.17) is 4.74 Å². The molecule has 6 heteroatoms. The van der Waals surface area contributed by atoms with Gasteiger partial charge >= 0.3 is 5.97 Å². The van der Waals surface area contributed by atoms with Gasteiger partial charge in [-0.3, -0.25) is 0 Å². The number of carbonyl (C=O) groups excluding carboxylic acids is 1. The number of aryl methyl sites for hydroxylation is 1. The summed E-state index contributed by atoms with van der Waals surface area (Å²) >= 11 is 0. The van der Waals surface area contributed by atoms with Crippen LogP contribution in [-0.4, -0.2) is 28.8 Å². The van der Waals surface area contributed by atoms with Gasteiger partial charge in [0.15, 0.2) is 0 Å². The molecule has 0 saturated heterocycles. The van der Waals surface area contributed by atoms with Crippen LogP contribution < -0.4 is 5.43 Å². The topological polar surface area (TPSA) is 76.5 Å². The molecule has 144 valence electrons. The van der Waals surface area contributed by atoms with Crippen LogP contribution in [0.25, 0.3) is 21.5 Å². The van der Waals surface area contributed by atoms with Gasteiger partial charge in [-0.2, -0.15) is 5.10 Å². The monoisotopic (exact) mass is 384 g/mol. The van der Waals surface area contributed by atoms with Gasteiger partial charge in [0.05, 0.1) is 24.1 Å². The Kier molecular flexibility index (Phi) is 5.16. The van der Waals surface area contributed by atoms with E-state index in [0.29, 0.717) is 23.8 Å². The van der Waals surface area contributed by atoms with Crippen molar-refractivity contribution in [1.82, 2.24) is 9.97 Å². The molecule has 0 amide bonds. The summed E-state index contributed by atoms with van der Waals surface area (Å²) in [6.07, 6.45) is 3.23. The zero-order chi connectivity index (χ0) is 20.2. The van der Waals surface area contributed by atoms with Gasteiger partial charge in [-0.05, 0) is 41.5 Å². The highest BCUT2D eigenvalue weighted by Crippen LogP contribution is 2.27. The van der Waals surface area contributed by atoms with Gasteiger partial charge in [0.1, 0.15) is 0 Å². The average molecular weight is 384 g/mol. The molecule has 1 N–H and O–H groups in total. The van der Waals surface area contributed by atoms with E-state index in [0.717, 1.165) is 27.1 Å². The molecule has 0 atom stereocenters. The Hall–Kier alpha value is -3.80. The summed E-state index contributed by atoms with van der Waals surface area (Å²) in [5.74, 6) is -0.112. The van der Waals surface area contributed by atoms with Crippen LogP contribution in [0.3, 0.4) is 0 Å². The van der Waals surface area contributed by atoms with Gasteiger partial charge in [0.25, 0.3) is 0 Å². The van der Waals surface area contributed by atoms with E-state index in [1.54, 1.807) is 20.1 Å². The van der Waals surface area contributed by atoms with Crippen molar-refractivity contribution in [1.29, 1.82) is 0 Å². The zero-order valence-electron chi connectivity index (χ0n) is 16.2. The number of rotatable bonds is 5. The lowest BCUT2D eigenvalue weighted by Gasteiger charge is -2.08. The molecule has 1 heterocycles. The Morgan fingerprint density at radius 1 is 1.10 bits per heavy atom. The lowest BCUT2D eigenvalue weighted by Crippen LogP contribution is -2.10. The Bertz CT molecular complexity index is 1180. The molecule has 0 fully saturated rings. The summed E-state index contributed by atoms with van der Waals surface area (Å²) in [6, 6.07) is 18.6. The number of anilines is 1. The van der Waals surface area contributed by atoms with Crippen molar-refractivity contribution in [3.05, 3.63) is 77.6 Å². The van der Waals surface area contributed by atoms with Crippen molar-refractivity contribution in [3.8, 4) is 0 Å². The maximum Gasteiger partial charge on any atom is 0.341 e. The number of carbonyl (C=O) groups is 1. The van der Waals surface area contributed by atoms with Crippen molar-refractivity contribution < 1.29 is 9.53 Å². The largest absolute Gasteiger partial charge is 0.462 e.